The van der Waals surface area contributed by atoms with E-state index in [1.165, 1.54) is 4.90 Å². The van der Waals surface area contributed by atoms with Crippen LogP contribution in [0.5, 0.6) is 0 Å². The smallest absolute Gasteiger partial charge is 0.256 e. The quantitative estimate of drug-likeness (QED) is 0.735. The first kappa shape index (κ1) is 16.8. The maximum absolute atomic E-state index is 12.7. The van der Waals surface area contributed by atoms with Gasteiger partial charge in [0.05, 0.1) is 12.1 Å². The van der Waals surface area contributed by atoms with Crippen molar-refractivity contribution in [1.29, 1.82) is 0 Å². The maximum atomic E-state index is 12.7. The predicted molar refractivity (Wildman–Crippen MR) is 85.2 cm³/mol. The Morgan fingerprint density at radius 2 is 1.90 bits per heavy atom. The minimum absolute atomic E-state index is 0.0828. The van der Waals surface area contributed by atoms with Crippen LogP contribution in [0.3, 0.4) is 0 Å². The Morgan fingerprint density at radius 1 is 1.24 bits per heavy atom. The van der Waals surface area contributed by atoms with Crippen molar-refractivity contribution in [2.45, 2.75) is 19.8 Å². The number of hydrogen-bond donors (Lipinski definition) is 2. The van der Waals surface area contributed by atoms with Gasteiger partial charge in [-0.15, -0.1) is 0 Å². The maximum Gasteiger partial charge on any atom is 0.256 e. The summed E-state index contributed by atoms with van der Waals surface area (Å²) in [7, 11) is 3.71. The fourth-order valence-electron chi connectivity index (χ4n) is 2.07. The van der Waals surface area contributed by atoms with Crippen molar-refractivity contribution in [3.8, 4) is 0 Å². The zero-order valence-corrected chi connectivity index (χ0v) is 12.9. The van der Waals surface area contributed by atoms with Crippen LogP contribution in [-0.2, 0) is 4.79 Å². The summed E-state index contributed by atoms with van der Waals surface area (Å²) in [4.78, 5) is 27.2. The highest BCUT2D eigenvalue weighted by atomic mass is 16.2. The van der Waals surface area contributed by atoms with Crippen LogP contribution in [0.4, 0.5) is 11.4 Å². The number of hydrogen-bond acceptors (Lipinski definition) is 4. The number of amides is 2. The SMILES string of the molecule is CCCCN(CC(N)=O)C(=O)c1cc(N)ccc1N(C)C. The largest absolute Gasteiger partial charge is 0.399 e. The first-order valence-corrected chi connectivity index (χ1v) is 7.01. The number of benzene rings is 1. The van der Waals surface area contributed by atoms with Crippen molar-refractivity contribution in [2.24, 2.45) is 5.73 Å². The number of anilines is 2. The van der Waals surface area contributed by atoms with E-state index in [0.717, 1.165) is 18.5 Å². The van der Waals surface area contributed by atoms with Gasteiger partial charge < -0.3 is 21.3 Å². The fraction of sp³-hybridized carbons (Fsp3) is 0.467. The highest BCUT2D eigenvalue weighted by Gasteiger charge is 2.21. The number of rotatable bonds is 7. The molecule has 0 radical (unpaired) electrons. The Morgan fingerprint density at radius 3 is 2.43 bits per heavy atom. The molecule has 2 amide bonds. The molecule has 6 nitrogen and oxygen atoms in total. The molecule has 0 aliphatic heterocycles. The molecule has 0 fully saturated rings. The lowest BCUT2D eigenvalue weighted by Gasteiger charge is -2.24. The van der Waals surface area contributed by atoms with E-state index in [2.05, 4.69) is 0 Å². The molecule has 0 spiro atoms. The van der Waals surface area contributed by atoms with Crippen molar-refractivity contribution in [3.63, 3.8) is 0 Å². The van der Waals surface area contributed by atoms with Crippen LogP contribution in [0, 0.1) is 0 Å². The summed E-state index contributed by atoms with van der Waals surface area (Å²) in [6.45, 7) is 2.44. The molecule has 0 aliphatic rings. The summed E-state index contributed by atoms with van der Waals surface area (Å²) in [5, 5.41) is 0. The molecule has 6 heteroatoms. The zero-order valence-electron chi connectivity index (χ0n) is 12.9. The van der Waals surface area contributed by atoms with Crippen molar-refractivity contribution in [1.82, 2.24) is 4.90 Å². The molecule has 1 aromatic carbocycles. The average Bonchev–Trinajstić information content (AvgIpc) is 2.41. The van der Waals surface area contributed by atoms with E-state index in [1.54, 1.807) is 18.2 Å². The van der Waals surface area contributed by atoms with Gasteiger partial charge in [0.25, 0.3) is 5.91 Å². The van der Waals surface area contributed by atoms with Crippen LogP contribution >= 0.6 is 0 Å². The van der Waals surface area contributed by atoms with Crippen LogP contribution in [0.15, 0.2) is 18.2 Å². The molecule has 1 aromatic rings. The Hall–Kier alpha value is -2.24. The highest BCUT2D eigenvalue weighted by molar-refractivity contribution is 6.02. The Labute approximate surface area is 125 Å². The molecule has 0 unspecified atom stereocenters. The third-order valence-electron chi connectivity index (χ3n) is 3.15. The van der Waals surface area contributed by atoms with Crippen LogP contribution in [0.1, 0.15) is 30.1 Å². The van der Waals surface area contributed by atoms with Gasteiger partial charge in [0.2, 0.25) is 5.91 Å². The number of nitrogen functional groups attached to an aromatic ring is 1. The first-order chi connectivity index (χ1) is 9.86. The van der Waals surface area contributed by atoms with Gasteiger partial charge in [0.1, 0.15) is 0 Å². The number of nitrogens with zero attached hydrogens (tertiary/aromatic N) is 2. The van der Waals surface area contributed by atoms with Gasteiger partial charge in [0.15, 0.2) is 0 Å². The van der Waals surface area contributed by atoms with Gasteiger partial charge in [-0.05, 0) is 24.6 Å². The van der Waals surface area contributed by atoms with E-state index < -0.39 is 5.91 Å². The van der Waals surface area contributed by atoms with E-state index in [-0.39, 0.29) is 12.5 Å². The number of unbranched alkanes of at least 4 members (excludes halogenated alkanes) is 1. The lowest BCUT2D eigenvalue weighted by atomic mass is 10.1. The second-order valence-corrected chi connectivity index (χ2v) is 5.22. The number of carbonyl (C=O) groups excluding carboxylic acids is 2. The number of carbonyl (C=O) groups is 2. The summed E-state index contributed by atoms with van der Waals surface area (Å²) in [6.07, 6.45) is 1.75. The summed E-state index contributed by atoms with van der Waals surface area (Å²) < 4.78 is 0. The van der Waals surface area contributed by atoms with E-state index in [0.29, 0.717) is 17.8 Å². The molecule has 0 aliphatic carbocycles. The molecular formula is C15H24N4O2. The van der Waals surface area contributed by atoms with Gasteiger partial charge in [0, 0.05) is 32.0 Å². The molecule has 1 rings (SSSR count). The van der Waals surface area contributed by atoms with Crippen molar-refractivity contribution in [2.75, 3.05) is 37.8 Å². The summed E-state index contributed by atoms with van der Waals surface area (Å²) in [6, 6.07) is 5.18. The molecule has 0 saturated carbocycles. The fourth-order valence-corrected chi connectivity index (χ4v) is 2.07. The highest BCUT2D eigenvalue weighted by Crippen LogP contribution is 2.23. The number of primary amides is 1. The van der Waals surface area contributed by atoms with E-state index in [4.69, 9.17) is 11.5 Å². The average molecular weight is 292 g/mol. The number of nitrogens with two attached hydrogens (primary N) is 2. The van der Waals surface area contributed by atoms with Crippen molar-refractivity contribution >= 4 is 23.2 Å². The van der Waals surface area contributed by atoms with Gasteiger partial charge in [-0.1, -0.05) is 13.3 Å². The standard InChI is InChI=1S/C15H24N4O2/c1-4-5-8-19(10-14(17)20)15(21)12-9-11(16)6-7-13(12)18(2)3/h6-7,9H,4-5,8,10,16H2,1-3H3,(H2,17,20). The lowest BCUT2D eigenvalue weighted by Crippen LogP contribution is -2.39. The summed E-state index contributed by atoms with van der Waals surface area (Å²) >= 11 is 0. The molecule has 0 saturated heterocycles. The Balaban J connectivity index is 3.12. The van der Waals surface area contributed by atoms with Crippen LogP contribution in [-0.4, -0.2) is 43.9 Å². The third kappa shape index (κ3) is 4.66. The van der Waals surface area contributed by atoms with Crippen LogP contribution in [0.2, 0.25) is 0 Å². The summed E-state index contributed by atoms with van der Waals surface area (Å²) in [5.74, 6) is -0.743. The van der Waals surface area contributed by atoms with Crippen LogP contribution < -0.4 is 16.4 Å². The molecule has 4 N–H and O–H groups in total. The zero-order chi connectivity index (χ0) is 16.0. The minimum Gasteiger partial charge on any atom is -0.399 e. The monoisotopic (exact) mass is 292 g/mol. The molecule has 0 bridgehead atoms. The second-order valence-electron chi connectivity index (χ2n) is 5.22. The predicted octanol–water partition coefficient (Wildman–Crippen LogP) is 1.06. The van der Waals surface area contributed by atoms with E-state index in [1.807, 2.05) is 25.9 Å². The topological polar surface area (TPSA) is 92.7 Å². The van der Waals surface area contributed by atoms with Gasteiger partial charge in [-0.25, -0.2) is 0 Å². The first-order valence-electron chi connectivity index (χ1n) is 7.01. The van der Waals surface area contributed by atoms with Crippen molar-refractivity contribution < 1.29 is 9.59 Å². The lowest BCUT2D eigenvalue weighted by molar-refractivity contribution is -0.118. The molecular weight excluding hydrogens is 268 g/mol. The summed E-state index contributed by atoms with van der Waals surface area (Å²) in [5.41, 5.74) is 12.8. The molecule has 116 valence electrons. The van der Waals surface area contributed by atoms with E-state index in [9.17, 15) is 9.59 Å². The van der Waals surface area contributed by atoms with Crippen molar-refractivity contribution in [3.05, 3.63) is 23.8 Å². The molecule has 0 aromatic heterocycles. The van der Waals surface area contributed by atoms with Crippen LogP contribution in [0.25, 0.3) is 0 Å². The van der Waals surface area contributed by atoms with Gasteiger partial charge >= 0.3 is 0 Å². The third-order valence-corrected chi connectivity index (χ3v) is 3.15. The van der Waals surface area contributed by atoms with E-state index >= 15 is 0 Å². The minimum atomic E-state index is -0.519. The molecule has 0 heterocycles. The second kappa shape index (κ2) is 7.52. The normalized spacial score (nSPS) is 10.2. The van der Waals surface area contributed by atoms with Gasteiger partial charge in [-0.2, -0.15) is 0 Å². The molecule has 0 atom stereocenters. The molecule has 21 heavy (non-hydrogen) atoms. The Bertz CT molecular complexity index is 514. The Kier molecular flexibility index (Phi) is 6.02. The van der Waals surface area contributed by atoms with Gasteiger partial charge in [-0.3, -0.25) is 9.59 Å².